The Kier molecular flexibility index (Phi) is 6.42. The first-order valence-electron chi connectivity index (χ1n) is 9.45. The maximum atomic E-state index is 12.3. The van der Waals surface area contributed by atoms with E-state index in [1.165, 1.54) is 24.8 Å². The van der Waals surface area contributed by atoms with Gasteiger partial charge in [-0.25, -0.2) is 0 Å². The summed E-state index contributed by atoms with van der Waals surface area (Å²) in [7, 11) is 0. The number of rotatable bonds is 6. The molecule has 1 saturated carbocycles. The van der Waals surface area contributed by atoms with Gasteiger partial charge in [-0.15, -0.1) is 0 Å². The summed E-state index contributed by atoms with van der Waals surface area (Å²) in [6, 6.07) is 17.2. The van der Waals surface area contributed by atoms with Gasteiger partial charge in [0.2, 0.25) is 0 Å². The topological polar surface area (TPSA) is 58.2 Å². The molecule has 0 spiro atoms. The molecule has 0 radical (unpaired) electrons. The Morgan fingerprint density at radius 2 is 1.42 bits per heavy atom. The van der Waals surface area contributed by atoms with Crippen LogP contribution in [0.1, 0.15) is 58.4 Å². The van der Waals surface area contributed by atoms with E-state index in [1.807, 2.05) is 30.3 Å². The molecule has 2 amide bonds. The van der Waals surface area contributed by atoms with Crippen LogP contribution in [0.3, 0.4) is 0 Å². The van der Waals surface area contributed by atoms with Crippen LogP contribution in [-0.4, -0.2) is 24.4 Å². The van der Waals surface area contributed by atoms with Crippen molar-refractivity contribution in [2.24, 2.45) is 0 Å². The fourth-order valence-corrected chi connectivity index (χ4v) is 3.36. The maximum absolute atomic E-state index is 12.3. The van der Waals surface area contributed by atoms with Crippen LogP contribution in [0, 0.1) is 0 Å². The summed E-state index contributed by atoms with van der Waals surface area (Å²) in [4.78, 5) is 24.5. The zero-order valence-corrected chi connectivity index (χ0v) is 15.0. The van der Waals surface area contributed by atoms with E-state index in [9.17, 15) is 9.59 Å². The van der Waals surface area contributed by atoms with Crippen LogP contribution in [0.4, 0.5) is 0 Å². The van der Waals surface area contributed by atoms with Crippen molar-refractivity contribution in [3.8, 4) is 0 Å². The third-order valence-electron chi connectivity index (χ3n) is 4.89. The molecule has 1 fully saturated rings. The van der Waals surface area contributed by atoms with Crippen LogP contribution in [-0.2, 0) is 6.42 Å². The van der Waals surface area contributed by atoms with Crippen LogP contribution < -0.4 is 10.6 Å². The molecule has 26 heavy (non-hydrogen) atoms. The van der Waals surface area contributed by atoms with Gasteiger partial charge in [0.1, 0.15) is 0 Å². The molecular weight excluding hydrogens is 324 g/mol. The molecule has 0 aliphatic heterocycles. The fraction of sp³-hybridized carbons (Fsp3) is 0.364. The first-order valence-corrected chi connectivity index (χ1v) is 9.45. The highest BCUT2D eigenvalue weighted by Gasteiger charge is 2.16. The third kappa shape index (κ3) is 5.19. The van der Waals surface area contributed by atoms with Crippen molar-refractivity contribution in [2.45, 2.75) is 44.6 Å². The van der Waals surface area contributed by atoms with Crippen LogP contribution in [0.25, 0.3) is 0 Å². The van der Waals surface area contributed by atoms with Gasteiger partial charge in [0.15, 0.2) is 0 Å². The van der Waals surface area contributed by atoms with E-state index in [-0.39, 0.29) is 17.9 Å². The number of benzene rings is 2. The predicted molar refractivity (Wildman–Crippen MR) is 103 cm³/mol. The zero-order valence-electron chi connectivity index (χ0n) is 15.0. The van der Waals surface area contributed by atoms with Gasteiger partial charge >= 0.3 is 0 Å². The number of carbonyl (C=O) groups is 2. The first-order chi connectivity index (χ1) is 12.7. The summed E-state index contributed by atoms with van der Waals surface area (Å²) in [6.45, 7) is 0.590. The van der Waals surface area contributed by atoms with E-state index in [1.54, 1.807) is 24.3 Å². The standard InChI is InChI=1S/C22H26N2O2/c25-21(23-16-15-17-7-3-1-4-8-17)18-11-13-19(14-12-18)22(26)24-20-9-5-2-6-10-20/h1,3-4,7-8,11-14,20H,2,5-6,9-10,15-16H2,(H,23,25)(H,24,26). The molecule has 2 aromatic carbocycles. The van der Waals surface area contributed by atoms with Gasteiger partial charge in [-0.05, 0) is 49.1 Å². The Morgan fingerprint density at radius 3 is 2.08 bits per heavy atom. The quantitative estimate of drug-likeness (QED) is 0.834. The minimum atomic E-state index is -0.111. The molecule has 2 N–H and O–H groups in total. The highest BCUT2D eigenvalue weighted by atomic mass is 16.2. The lowest BCUT2D eigenvalue weighted by Crippen LogP contribution is -2.36. The van der Waals surface area contributed by atoms with Gasteiger partial charge in [-0.2, -0.15) is 0 Å². The van der Waals surface area contributed by atoms with E-state index < -0.39 is 0 Å². The van der Waals surface area contributed by atoms with Crippen LogP contribution >= 0.6 is 0 Å². The van der Waals surface area contributed by atoms with E-state index in [0.29, 0.717) is 17.7 Å². The summed E-state index contributed by atoms with van der Waals surface area (Å²) in [5, 5.41) is 6.02. The fourth-order valence-electron chi connectivity index (χ4n) is 3.36. The molecule has 1 aliphatic carbocycles. The van der Waals surface area contributed by atoms with Crippen molar-refractivity contribution in [2.75, 3.05) is 6.54 Å². The highest BCUT2D eigenvalue weighted by molar-refractivity contribution is 5.97. The monoisotopic (exact) mass is 350 g/mol. The lowest BCUT2D eigenvalue weighted by atomic mass is 9.95. The van der Waals surface area contributed by atoms with Crippen molar-refractivity contribution in [1.29, 1.82) is 0 Å². The number of nitrogens with one attached hydrogen (secondary N) is 2. The number of hydrogen-bond donors (Lipinski definition) is 2. The summed E-state index contributed by atoms with van der Waals surface area (Å²) in [6.07, 6.45) is 6.57. The van der Waals surface area contributed by atoms with Crippen molar-refractivity contribution < 1.29 is 9.59 Å². The molecule has 0 heterocycles. The highest BCUT2D eigenvalue weighted by Crippen LogP contribution is 2.18. The number of amides is 2. The zero-order chi connectivity index (χ0) is 18.2. The van der Waals surface area contributed by atoms with Crippen molar-refractivity contribution in [1.82, 2.24) is 10.6 Å². The maximum Gasteiger partial charge on any atom is 0.251 e. The van der Waals surface area contributed by atoms with E-state index in [0.717, 1.165) is 19.3 Å². The lowest BCUT2D eigenvalue weighted by Gasteiger charge is -2.22. The second-order valence-corrected chi connectivity index (χ2v) is 6.88. The average molecular weight is 350 g/mol. The average Bonchev–Trinajstić information content (AvgIpc) is 2.69. The SMILES string of the molecule is O=C(NCCc1ccccc1)c1ccc(C(=O)NC2CCCCC2)cc1. The van der Waals surface area contributed by atoms with E-state index >= 15 is 0 Å². The largest absolute Gasteiger partial charge is 0.352 e. The molecule has 136 valence electrons. The second-order valence-electron chi connectivity index (χ2n) is 6.88. The molecule has 0 atom stereocenters. The van der Waals surface area contributed by atoms with Gasteiger partial charge in [-0.3, -0.25) is 9.59 Å². The molecule has 1 aliphatic rings. The molecule has 0 saturated heterocycles. The van der Waals surface area contributed by atoms with E-state index in [2.05, 4.69) is 10.6 Å². The van der Waals surface area contributed by atoms with Gasteiger partial charge in [0, 0.05) is 23.7 Å². The molecule has 3 rings (SSSR count). The Balaban J connectivity index is 1.48. The minimum Gasteiger partial charge on any atom is -0.352 e. The van der Waals surface area contributed by atoms with Gasteiger partial charge in [0.05, 0.1) is 0 Å². The Bertz CT molecular complexity index is 720. The summed E-state index contributed by atoms with van der Waals surface area (Å²) in [5.74, 6) is -0.159. The smallest absolute Gasteiger partial charge is 0.251 e. The summed E-state index contributed by atoms with van der Waals surface area (Å²) >= 11 is 0. The molecular formula is C22H26N2O2. The van der Waals surface area contributed by atoms with Crippen molar-refractivity contribution in [3.05, 3.63) is 71.3 Å². The van der Waals surface area contributed by atoms with Gasteiger partial charge in [0.25, 0.3) is 11.8 Å². The molecule has 4 heteroatoms. The summed E-state index contributed by atoms with van der Waals surface area (Å²) < 4.78 is 0. The first kappa shape index (κ1) is 18.2. The molecule has 2 aromatic rings. The third-order valence-corrected chi connectivity index (χ3v) is 4.89. The molecule has 0 bridgehead atoms. The minimum absolute atomic E-state index is 0.0482. The van der Waals surface area contributed by atoms with Gasteiger partial charge < -0.3 is 10.6 Å². The van der Waals surface area contributed by atoms with Crippen LogP contribution in [0.2, 0.25) is 0 Å². The number of carbonyl (C=O) groups excluding carboxylic acids is 2. The molecule has 0 unspecified atom stereocenters. The Labute approximate surface area is 155 Å². The van der Waals surface area contributed by atoms with E-state index in [4.69, 9.17) is 0 Å². The lowest BCUT2D eigenvalue weighted by molar-refractivity contribution is 0.0923. The summed E-state index contributed by atoms with van der Waals surface area (Å²) in [5.41, 5.74) is 2.38. The second kappa shape index (κ2) is 9.18. The van der Waals surface area contributed by atoms with Gasteiger partial charge in [-0.1, -0.05) is 49.6 Å². The predicted octanol–water partition coefficient (Wildman–Crippen LogP) is 3.72. The van der Waals surface area contributed by atoms with Crippen LogP contribution in [0.15, 0.2) is 54.6 Å². The van der Waals surface area contributed by atoms with Crippen LogP contribution in [0.5, 0.6) is 0 Å². The number of hydrogen-bond acceptors (Lipinski definition) is 2. The van der Waals surface area contributed by atoms with Crippen molar-refractivity contribution in [3.63, 3.8) is 0 Å². The Morgan fingerprint density at radius 1 is 0.808 bits per heavy atom. The normalized spacial score (nSPS) is 14.6. The Hall–Kier alpha value is -2.62. The molecule has 4 nitrogen and oxygen atoms in total. The van der Waals surface area contributed by atoms with Crippen molar-refractivity contribution >= 4 is 11.8 Å². The molecule has 0 aromatic heterocycles.